The molecule has 0 saturated heterocycles. The minimum absolute atomic E-state index is 0.272. The summed E-state index contributed by atoms with van der Waals surface area (Å²) in [6.45, 7) is 1.21. The van der Waals surface area contributed by atoms with E-state index in [1.54, 1.807) is 30.3 Å². The van der Waals surface area contributed by atoms with Crippen LogP contribution in [0.4, 0.5) is 15.8 Å². The van der Waals surface area contributed by atoms with Gasteiger partial charge in [0.25, 0.3) is 0 Å². The van der Waals surface area contributed by atoms with Crippen molar-refractivity contribution < 1.29 is 9.13 Å². The Morgan fingerprint density at radius 2 is 2.26 bits per heavy atom. The van der Waals surface area contributed by atoms with Crippen molar-refractivity contribution in [2.45, 2.75) is 6.54 Å². The quantitative estimate of drug-likeness (QED) is 0.895. The maximum absolute atomic E-state index is 13.3. The average molecular weight is 260 g/mol. The van der Waals surface area contributed by atoms with Crippen LogP contribution in [-0.2, 0) is 11.3 Å². The molecule has 19 heavy (non-hydrogen) atoms. The molecule has 2 aromatic rings. The van der Waals surface area contributed by atoms with Crippen molar-refractivity contribution in [1.29, 1.82) is 5.26 Å². The molecule has 0 radical (unpaired) electrons. The number of methoxy groups -OCH3 is 1. The van der Waals surface area contributed by atoms with Crippen LogP contribution in [0, 0.1) is 17.1 Å². The SMILES string of the molecule is COCCn1cc(Nc2cc(F)cc(C#N)c2)cn1. The van der Waals surface area contributed by atoms with Gasteiger partial charge in [-0.15, -0.1) is 0 Å². The molecule has 1 heterocycles. The van der Waals surface area contributed by atoms with Crippen LogP contribution in [0.25, 0.3) is 0 Å². The molecule has 0 aliphatic carbocycles. The number of rotatable bonds is 5. The Hall–Kier alpha value is -2.39. The molecule has 0 unspecified atom stereocenters. The van der Waals surface area contributed by atoms with E-state index < -0.39 is 5.82 Å². The molecule has 5 nitrogen and oxygen atoms in total. The van der Waals surface area contributed by atoms with E-state index >= 15 is 0 Å². The lowest BCUT2D eigenvalue weighted by Crippen LogP contribution is -2.03. The topological polar surface area (TPSA) is 62.9 Å². The van der Waals surface area contributed by atoms with E-state index in [1.807, 2.05) is 6.07 Å². The summed E-state index contributed by atoms with van der Waals surface area (Å²) in [7, 11) is 1.62. The van der Waals surface area contributed by atoms with Crippen LogP contribution in [0.1, 0.15) is 5.56 Å². The first-order chi connectivity index (χ1) is 9.21. The molecule has 1 N–H and O–H groups in total. The Labute approximate surface area is 110 Å². The second-order valence-electron chi connectivity index (χ2n) is 3.95. The number of anilines is 2. The molecule has 6 heteroatoms. The minimum atomic E-state index is -0.451. The highest BCUT2D eigenvalue weighted by Gasteiger charge is 2.03. The summed E-state index contributed by atoms with van der Waals surface area (Å²) in [6.07, 6.45) is 3.42. The van der Waals surface area contributed by atoms with Gasteiger partial charge in [-0.2, -0.15) is 10.4 Å². The lowest BCUT2D eigenvalue weighted by atomic mass is 10.2. The highest BCUT2D eigenvalue weighted by atomic mass is 19.1. The Balaban J connectivity index is 2.10. The van der Waals surface area contributed by atoms with Gasteiger partial charge in [0.1, 0.15) is 5.82 Å². The number of halogens is 1. The molecule has 2 rings (SSSR count). The largest absolute Gasteiger partial charge is 0.383 e. The van der Waals surface area contributed by atoms with Gasteiger partial charge >= 0.3 is 0 Å². The molecule has 0 aliphatic rings. The summed E-state index contributed by atoms with van der Waals surface area (Å²) in [4.78, 5) is 0. The number of hydrogen-bond donors (Lipinski definition) is 1. The van der Waals surface area contributed by atoms with Gasteiger partial charge in [-0.05, 0) is 18.2 Å². The summed E-state index contributed by atoms with van der Waals surface area (Å²) < 4.78 is 19.9. The monoisotopic (exact) mass is 260 g/mol. The van der Waals surface area contributed by atoms with Crippen molar-refractivity contribution >= 4 is 11.4 Å². The third kappa shape index (κ3) is 3.53. The van der Waals surface area contributed by atoms with E-state index in [9.17, 15) is 4.39 Å². The standard InChI is InChI=1S/C13H13FN4O/c1-19-3-2-18-9-13(8-16-18)17-12-5-10(7-15)4-11(14)6-12/h4-6,8-9,17H,2-3H2,1H3. The number of benzene rings is 1. The van der Waals surface area contributed by atoms with Crippen LogP contribution in [0.5, 0.6) is 0 Å². The molecule has 1 aromatic heterocycles. The van der Waals surface area contributed by atoms with Gasteiger partial charge in [0.15, 0.2) is 0 Å². The Kier molecular flexibility index (Phi) is 4.11. The average Bonchev–Trinajstić information content (AvgIpc) is 2.83. The van der Waals surface area contributed by atoms with Crippen LogP contribution in [0.15, 0.2) is 30.6 Å². The van der Waals surface area contributed by atoms with Gasteiger partial charge in [-0.1, -0.05) is 0 Å². The number of nitriles is 1. The van der Waals surface area contributed by atoms with E-state index in [0.29, 0.717) is 18.8 Å². The molecule has 0 fully saturated rings. The van der Waals surface area contributed by atoms with E-state index in [2.05, 4.69) is 10.4 Å². The molecular weight excluding hydrogens is 247 g/mol. The number of aromatic nitrogens is 2. The Bertz CT molecular complexity index is 603. The van der Waals surface area contributed by atoms with E-state index in [-0.39, 0.29) is 5.56 Å². The van der Waals surface area contributed by atoms with Crippen LogP contribution in [0.3, 0.4) is 0 Å². The van der Waals surface area contributed by atoms with Gasteiger partial charge in [0, 0.05) is 19.0 Å². The maximum Gasteiger partial charge on any atom is 0.126 e. The molecule has 0 saturated carbocycles. The van der Waals surface area contributed by atoms with Gasteiger partial charge < -0.3 is 10.1 Å². The van der Waals surface area contributed by atoms with Crippen LogP contribution in [0.2, 0.25) is 0 Å². The van der Waals surface area contributed by atoms with E-state index in [1.165, 1.54) is 12.1 Å². The Morgan fingerprint density at radius 3 is 3.00 bits per heavy atom. The van der Waals surface area contributed by atoms with Crippen LogP contribution >= 0.6 is 0 Å². The summed E-state index contributed by atoms with van der Waals surface area (Å²) in [6, 6.07) is 6.00. The minimum Gasteiger partial charge on any atom is -0.383 e. The maximum atomic E-state index is 13.3. The van der Waals surface area contributed by atoms with Crippen molar-refractivity contribution in [2.75, 3.05) is 19.0 Å². The second kappa shape index (κ2) is 5.98. The predicted molar refractivity (Wildman–Crippen MR) is 68.5 cm³/mol. The third-order valence-electron chi connectivity index (χ3n) is 2.47. The highest BCUT2D eigenvalue weighted by molar-refractivity contribution is 5.60. The van der Waals surface area contributed by atoms with Gasteiger partial charge in [0.2, 0.25) is 0 Å². The fourth-order valence-corrected chi connectivity index (χ4v) is 1.63. The van der Waals surface area contributed by atoms with Crippen LogP contribution in [-0.4, -0.2) is 23.5 Å². The fourth-order valence-electron chi connectivity index (χ4n) is 1.63. The lowest BCUT2D eigenvalue weighted by molar-refractivity contribution is 0.183. The third-order valence-corrected chi connectivity index (χ3v) is 2.47. The normalized spacial score (nSPS) is 10.2. The van der Waals surface area contributed by atoms with E-state index in [0.717, 1.165) is 5.69 Å². The Morgan fingerprint density at radius 1 is 1.42 bits per heavy atom. The molecule has 0 amide bonds. The van der Waals surface area contributed by atoms with Gasteiger partial charge in [-0.25, -0.2) is 4.39 Å². The van der Waals surface area contributed by atoms with Gasteiger partial charge in [-0.3, -0.25) is 4.68 Å². The number of nitrogens with zero attached hydrogens (tertiary/aromatic N) is 3. The lowest BCUT2D eigenvalue weighted by Gasteiger charge is -2.04. The molecule has 0 bridgehead atoms. The van der Waals surface area contributed by atoms with Crippen molar-refractivity contribution in [3.8, 4) is 6.07 Å². The first-order valence-electron chi connectivity index (χ1n) is 5.70. The number of ether oxygens (including phenoxy) is 1. The zero-order valence-electron chi connectivity index (χ0n) is 10.4. The molecular formula is C13H13FN4O. The zero-order chi connectivity index (χ0) is 13.7. The van der Waals surface area contributed by atoms with Crippen molar-refractivity contribution in [3.05, 3.63) is 42.0 Å². The molecule has 98 valence electrons. The van der Waals surface area contributed by atoms with Crippen molar-refractivity contribution in [1.82, 2.24) is 9.78 Å². The molecule has 1 aromatic carbocycles. The second-order valence-corrected chi connectivity index (χ2v) is 3.95. The summed E-state index contributed by atoms with van der Waals surface area (Å²) in [5.74, 6) is -0.451. The number of hydrogen-bond acceptors (Lipinski definition) is 4. The summed E-state index contributed by atoms with van der Waals surface area (Å²) in [5.41, 5.74) is 1.52. The van der Waals surface area contributed by atoms with E-state index in [4.69, 9.17) is 10.00 Å². The predicted octanol–water partition coefficient (Wildman–Crippen LogP) is 2.28. The van der Waals surface area contributed by atoms with Crippen molar-refractivity contribution in [3.63, 3.8) is 0 Å². The molecule has 0 aliphatic heterocycles. The van der Waals surface area contributed by atoms with Crippen LogP contribution < -0.4 is 5.32 Å². The first kappa shape index (κ1) is 13.1. The highest BCUT2D eigenvalue weighted by Crippen LogP contribution is 2.18. The number of nitrogens with one attached hydrogen (secondary N) is 1. The first-order valence-corrected chi connectivity index (χ1v) is 5.70. The molecule has 0 spiro atoms. The summed E-state index contributed by atoms with van der Waals surface area (Å²) in [5, 5.41) is 15.9. The zero-order valence-corrected chi connectivity index (χ0v) is 10.4. The molecule has 0 atom stereocenters. The van der Waals surface area contributed by atoms with Crippen molar-refractivity contribution in [2.24, 2.45) is 0 Å². The fraction of sp³-hybridized carbons (Fsp3) is 0.231. The smallest absolute Gasteiger partial charge is 0.126 e. The van der Waals surface area contributed by atoms with Gasteiger partial charge in [0.05, 0.1) is 36.7 Å². The summed E-state index contributed by atoms with van der Waals surface area (Å²) >= 11 is 0.